The van der Waals surface area contributed by atoms with Crippen LogP contribution in [0.25, 0.3) is 11.0 Å². The first kappa shape index (κ1) is 13.7. The second-order valence-corrected chi connectivity index (χ2v) is 5.46. The Morgan fingerprint density at radius 1 is 1.60 bits per heavy atom. The topological polar surface area (TPSA) is 104 Å². The van der Waals surface area contributed by atoms with Crippen molar-refractivity contribution in [1.29, 1.82) is 0 Å². The quantitative estimate of drug-likeness (QED) is 0.586. The van der Waals surface area contributed by atoms with Gasteiger partial charge in [-0.3, -0.25) is 0 Å². The maximum atomic E-state index is 10.5. The number of aromatic amines is 1. The van der Waals surface area contributed by atoms with E-state index >= 15 is 0 Å². The van der Waals surface area contributed by atoms with Crippen LogP contribution in [0.5, 0.6) is 0 Å². The van der Waals surface area contributed by atoms with Gasteiger partial charge in [-0.1, -0.05) is 12.2 Å². The molecule has 7 nitrogen and oxygen atoms in total. The average molecular weight is 297 g/mol. The number of nitrogens with zero attached hydrogens (tertiary/aromatic N) is 2. The Balaban J connectivity index is 2.12. The number of aromatic nitrogens is 3. The number of hydrogen-bond acceptors (Lipinski definition) is 6. The molecular formula is C12H15N3O4S. The van der Waals surface area contributed by atoms with Gasteiger partial charge >= 0.3 is 0 Å². The fraction of sp³-hybridized carbons (Fsp3) is 0.500. The summed E-state index contributed by atoms with van der Waals surface area (Å²) in [6, 6.07) is 1.76. The van der Waals surface area contributed by atoms with E-state index in [0.717, 1.165) is 5.39 Å². The number of H-pyrrole nitrogens is 1. The predicted molar refractivity (Wildman–Crippen MR) is 72.5 cm³/mol. The third-order valence-corrected chi connectivity index (χ3v) is 4.04. The molecule has 0 aromatic carbocycles. The van der Waals surface area contributed by atoms with Gasteiger partial charge in [0.25, 0.3) is 0 Å². The van der Waals surface area contributed by atoms with Gasteiger partial charge in [-0.25, -0.2) is 4.98 Å². The van der Waals surface area contributed by atoms with Gasteiger partial charge in [-0.15, -0.1) is 0 Å². The molecule has 0 aliphatic carbocycles. The van der Waals surface area contributed by atoms with E-state index in [0.29, 0.717) is 10.3 Å². The molecule has 1 aliphatic heterocycles. The summed E-state index contributed by atoms with van der Waals surface area (Å²) in [5, 5.41) is 30.4. The molecule has 2 aromatic rings. The molecule has 108 valence electrons. The molecular weight excluding hydrogens is 282 g/mol. The number of rotatable bonds is 2. The minimum Gasteiger partial charge on any atom is -0.394 e. The van der Waals surface area contributed by atoms with Crippen molar-refractivity contribution in [2.75, 3.05) is 6.61 Å². The molecule has 2 unspecified atom stereocenters. The van der Waals surface area contributed by atoms with Crippen LogP contribution in [-0.4, -0.2) is 54.3 Å². The Labute approximate surface area is 119 Å². The van der Waals surface area contributed by atoms with Gasteiger partial charge in [-0.2, -0.15) is 0 Å². The molecule has 3 heterocycles. The molecule has 0 radical (unpaired) electrons. The first-order valence-corrected chi connectivity index (χ1v) is 6.58. The minimum atomic E-state index is -1.53. The second kappa shape index (κ2) is 4.61. The highest BCUT2D eigenvalue weighted by atomic mass is 32.1. The normalized spacial score (nSPS) is 33.9. The summed E-state index contributed by atoms with van der Waals surface area (Å²) in [5.74, 6) is 0. The number of aliphatic hydroxyl groups is 3. The zero-order chi connectivity index (χ0) is 14.5. The molecule has 20 heavy (non-hydrogen) atoms. The molecule has 1 saturated heterocycles. The summed E-state index contributed by atoms with van der Waals surface area (Å²) in [5.41, 5.74) is -0.890. The van der Waals surface area contributed by atoms with Crippen LogP contribution in [0, 0.1) is 4.64 Å². The van der Waals surface area contributed by atoms with Crippen LogP contribution in [0.2, 0.25) is 0 Å². The summed E-state index contributed by atoms with van der Waals surface area (Å²) in [6.07, 6.45) is 0.312. The zero-order valence-electron chi connectivity index (χ0n) is 10.7. The monoisotopic (exact) mass is 297 g/mol. The van der Waals surface area contributed by atoms with E-state index in [4.69, 9.17) is 17.0 Å². The Morgan fingerprint density at radius 3 is 3.00 bits per heavy atom. The van der Waals surface area contributed by atoms with Crippen molar-refractivity contribution in [3.05, 3.63) is 23.2 Å². The van der Waals surface area contributed by atoms with Crippen LogP contribution < -0.4 is 0 Å². The van der Waals surface area contributed by atoms with Gasteiger partial charge in [0.15, 0.2) is 6.23 Å². The number of hydrogen-bond donors (Lipinski definition) is 4. The molecule has 0 bridgehead atoms. The number of fused-ring (bicyclic) bond motifs is 1. The molecule has 8 heteroatoms. The Kier molecular flexibility index (Phi) is 3.14. The molecule has 3 rings (SSSR count). The molecule has 1 aliphatic rings. The maximum absolute atomic E-state index is 10.5. The van der Waals surface area contributed by atoms with Gasteiger partial charge in [0.05, 0.1) is 18.3 Å². The first-order chi connectivity index (χ1) is 9.46. The summed E-state index contributed by atoms with van der Waals surface area (Å²) < 4.78 is 7.65. The largest absolute Gasteiger partial charge is 0.394 e. The van der Waals surface area contributed by atoms with Gasteiger partial charge in [-0.05, 0) is 13.0 Å². The summed E-state index contributed by atoms with van der Waals surface area (Å²) in [6.45, 7) is 1.10. The fourth-order valence-electron chi connectivity index (χ4n) is 2.58. The van der Waals surface area contributed by atoms with Crippen molar-refractivity contribution < 1.29 is 20.1 Å². The lowest BCUT2D eigenvalue weighted by atomic mass is 9.96. The van der Waals surface area contributed by atoms with Crippen LogP contribution >= 0.6 is 12.2 Å². The molecule has 4 N–H and O–H groups in total. The van der Waals surface area contributed by atoms with E-state index in [1.165, 1.54) is 13.3 Å². The van der Waals surface area contributed by atoms with Crippen molar-refractivity contribution in [1.82, 2.24) is 14.5 Å². The fourth-order valence-corrected chi connectivity index (χ4v) is 2.80. The highest BCUT2D eigenvalue weighted by molar-refractivity contribution is 7.71. The van der Waals surface area contributed by atoms with Crippen molar-refractivity contribution in [2.45, 2.75) is 31.0 Å². The Hall–Kier alpha value is -1.32. The summed E-state index contributed by atoms with van der Waals surface area (Å²) >= 11 is 5.13. The molecule has 0 saturated carbocycles. The second-order valence-electron chi connectivity index (χ2n) is 5.07. The van der Waals surface area contributed by atoms with E-state index in [1.54, 1.807) is 16.8 Å². The van der Waals surface area contributed by atoms with Gasteiger partial charge in [0, 0.05) is 6.20 Å². The Morgan fingerprint density at radius 2 is 2.35 bits per heavy atom. The van der Waals surface area contributed by atoms with Gasteiger partial charge in [0.2, 0.25) is 0 Å². The van der Waals surface area contributed by atoms with E-state index in [9.17, 15) is 15.3 Å². The minimum absolute atomic E-state index is 0.370. The first-order valence-electron chi connectivity index (χ1n) is 6.17. The van der Waals surface area contributed by atoms with Crippen LogP contribution in [0.1, 0.15) is 13.2 Å². The third kappa shape index (κ3) is 1.80. The van der Waals surface area contributed by atoms with E-state index in [-0.39, 0.29) is 6.61 Å². The highest BCUT2D eigenvalue weighted by Gasteiger charge is 2.53. The number of ether oxygens (including phenoxy) is 1. The lowest BCUT2D eigenvalue weighted by Crippen LogP contribution is -2.44. The van der Waals surface area contributed by atoms with Crippen molar-refractivity contribution in [2.24, 2.45) is 0 Å². The summed E-state index contributed by atoms with van der Waals surface area (Å²) in [7, 11) is 0. The Bertz CT molecular complexity index is 695. The zero-order valence-corrected chi connectivity index (χ0v) is 11.5. The molecule has 2 aromatic heterocycles. The standard InChI is InChI=1S/C12H15N3O4S/c1-12(18)8(17)7(4-16)19-11(12)15-3-2-6-9(15)13-5-14-10(6)20/h2-3,5,7-8,11,16-18H,4H2,1H3,(H,13,14,20)/t7-,8?,11-,12?/m1/s1. The number of aliphatic hydroxyl groups excluding tert-OH is 2. The maximum Gasteiger partial charge on any atom is 0.167 e. The third-order valence-electron chi connectivity index (χ3n) is 3.72. The predicted octanol–water partition coefficient (Wildman–Crippen LogP) is 0.0955. The number of nitrogens with one attached hydrogen (secondary N) is 1. The lowest BCUT2D eigenvalue weighted by molar-refractivity contribution is -0.0948. The SMILES string of the molecule is CC1(O)C(O)[C@@H](CO)O[C@H]1n1ccc2c(=S)nc[nH]c21. The van der Waals surface area contributed by atoms with Crippen molar-refractivity contribution in [3.8, 4) is 0 Å². The van der Waals surface area contributed by atoms with Crippen LogP contribution in [0.15, 0.2) is 18.6 Å². The van der Waals surface area contributed by atoms with E-state index < -0.39 is 24.0 Å². The molecule has 0 amide bonds. The van der Waals surface area contributed by atoms with Crippen LogP contribution in [-0.2, 0) is 4.74 Å². The van der Waals surface area contributed by atoms with Gasteiger partial charge in [0.1, 0.15) is 28.1 Å². The van der Waals surface area contributed by atoms with Crippen molar-refractivity contribution in [3.63, 3.8) is 0 Å². The molecule has 1 fully saturated rings. The van der Waals surface area contributed by atoms with Crippen LogP contribution in [0.4, 0.5) is 0 Å². The highest BCUT2D eigenvalue weighted by Crippen LogP contribution is 2.39. The molecule has 4 atom stereocenters. The lowest BCUT2D eigenvalue weighted by Gasteiger charge is -2.27. The van der Waals surface area contributed by atoms with Crippen molar-refractivity contribution >= 4 is 23.3 Å². The van der Waals surface area contributed by atoms with E-state index in [2.05, 4.69) is 9.97 Å². The van der Waals surface area contributed by atoms with E-state index in [1.807, 2.05) is 0 Å². The summed E-state index contributed by atoms with van der Waals surface area (Å²) in [4.78, 5) is 6.94. The van der Waals surface area contributed by atoms with Gasteiger partial charge < -0.3 is 29.6 Å². The smallest absolute Gasteiger partial charge is 0.167 e. The average Bonchev–Trinajstić information content (AvgIpc) is 2.92. The van der Waals surface area contributed by atoms with Crippen LogP contribution in [0.3, 0.4) is 0 Å². The molecule has 0 spiro atoms.